The quantitative estimate of drug-likeness (QED) is 0.228. The Morgan fingerprint density at radius 1 is 1.07 bits per heavy atom. The highest BCUT2D eigenvalue weighted by atomic mass is 16.5. The normalized spacial score (nSPS) is 10.2. The third-order valence-corrected chi connectivity index (χ3v) is 4.85. The fourth-order valence-electron chi connectivity index (χ4n) is 2.84. The predicted octanol–water partition coefficient (Wildman–Crippen LogP) is 3.30. The SMILES string of the molecule is C=Nc1ccc(Oc2cc(OC)ncn2)cc1.CNC(=O)N(CC(C)C=O)C(=O)NCc1ccc(O)cc1.CO. The first-order valence-electron chi connectivity index (χ1n) is 11.8. The molecule has 4 N–H and O–H groups in total. The van der Waals surface area contributed by atoms with Gasteiger partial charge in [0, 0.05) is 33.2 Å². The first kappa shape index (κ1) is 33.0. The number of hydrogen-bond donors (Lipinski definition) is 4. The van der Waals surface area contributed by atoms with E-state index in [0.29, 0.717) is 23.8 Å². The van der Waals surface area contributed by atoms with Crippen LogP contribution in [0.3, 0.4) is 0 Å². The van der Waals surface area contributed by atoms with Crippen LogP contribution in [0.5, 0.6) is 23.3 Å². The number of carbonyl (C=O) groups excluding carboxylic acids is 3. The minimum atomic E-state index is -0.587. The molecule has 3 aromatic rings. The lowest BCUT2D eigenvalue weighted by atomic mass is 10.2. The summed E-state index contributed by atoms with van der Waals surface area (Å²) in [7, 11) is 3.95. The molecule has 0 fully saturated rings. The van der Waals surface area contributed by atoms with E-state index in [9.17, 15) is 19.5 Å². The number of aromatic nitrogens is 2. The number of benzene rings is 2. The number of aldehydes is 1. The number of urea groups is 2. The monoisotopic (exact) mass is 554 g/mol. The van der Waals surface area contributed by atoms with Gasteiger partial charge in [0.25, 0.3) is 0 Å². The molecule has 13 heteroatoms. The van der Waals surface area contributed by atoms with Gasteiger partial charge in [-0.3, -0.25) is 4.99 Å². The Morgan fingerprint density at radius 3 is 2.25 bits per heavy atom. The fraction of sp³-hybridized carbons (Fsp3) is 0.259. The van der Waals surface area contributed by atoms with Crippen LogP contribution in [0.4, 0.5) is 15.3 Å². The van der Waals surface area contributed by atoms with Gasteiger partial charge in [-0.05, 0) is 48.7 Å². The van der Waals surface area contributed by atoms with E-state index in [2.05, 4.69) is 32.3 Å². The number of imide groups is 1. The van der Waals surface area contributed by atoms with Gasteiger partial charge in [-0.25, -0.2) is 24.5 Å². The van der Waals surface area contributed by atoms with Crippen molar-refractivity contribution in [1.29, 1.82) is 0 Å². The van der Waals surface area contributed by atoms with Gasteiger partial charge in [-0.1, -0.05) is 19.1 Å². The van der Waals surface area contributed by atoms with Crippen molar-refractivity contribution in [3.05, 3.63) is 66.5 Å². The average molecular weight is 555 g/mol. The maximum absolute atomic E-state index is 12.0. The molecule has 0 aliphatic heterocycles. The predicted molar refractivity (Wildman–Crippen MR) is 149 cm³/mol. The van der Waals surface area contributed by atoms with Gasteiger partial charge in [0.05, 0.1) is 18.9 Å². The molecular weight excluding hydrogens is 520 g/mol. The number of carbonyl (C=O) groups is 3. The van der Waals surface area contributed by atoms with Crippen molar-refractivity contribution < 1.29 is 34.1 Å². The van der Waals surface area contributed by atoms with Crippen LogP contribution in [0.15, 0.2) is 65.9 Å². The largest absolute Gasteiger partial charge is 0.508 e. The van der Waals surface area contributed by atoms with Crippen molar-refractivity contribution in [1.82, 2.24) is 25.5 Å². The van der Waals surface area contributed by atoms with Crippen molar-refractivity contribution in [3.63, 3.8) is 0 Å². The van der Waals surface area contributed by atoms with E-state index in [-0.39, 0.29) is 18.8 Å². The Balaban J connectivity index is 0.000000383. The molecule has 0 aliphatic rings. The molecule has 2 aromatic carbocycles. The summed E-state index contributed by atoms with van der Waals surface area (Å²) in [5.41, 5.74) is 1.57. The third kappa shape index (κ3) is 11.6. The van der Waals surface area contributed by atoms with Crippen molar-refractivity contribution in [3.8, 4) is 23.3 Å². The molecule has 1 heterocycles. The van der Waals surface area contributed by atoms with Crippen LogP contribution >= 0.6 is 0 Å². The lowest BCUT2D eigenvalue weighted by molar-refractivity contribution is -0.110. The van der Waals surface area contributed by atoms with Gasteiger partial charge < -0.3 is 35.1 Å². The molecule has 0 aliphatic carbocycles. The number of rotatable bonds is 9. The Morgan fingerprint density at radius 2 is 1.70 bits per heavy atom. The number of aliphatic hydroxyl groups is 1. The molecule has 40 heavy (non-hydrogen) atoms. The van der Waals surface area contributed by atoms with Crippen LogP contribution < -0.4 is 20.1 Å². The number of aromatic hydroxyl groups is 1. The van der Waals surface area contributed by atoms with E-state index >= 15 is 0 Å². The summed E-state index contributed by atoms with van der Waals surface area (Å²) < 4.78 is 10.5. The summed E-state index contributed by atoms with van der Waals surface area (Å²) in [6, 6.07) is 14.0. The number of phenols is 1. The van der Waals surface area contributed by atoms with Crippen molar-refractivity contribution in [2.75, 3.05) is 27.8 Å². The number of hydrogen-bond acceptors (Lipinski definition) is 10. The molecule has 1 unspecified atom stereocenters. The molecular formula is C27H34N6O7. The lowest BCUT2D eigenvalue weighted by Gasteiger charge is -2.22. The highest BCUT2D eigenvalue weighted by Crippen LogP contribution is 2.23. The second-order valence-corrected chi connectivity index (χ2v) is 7.76. The highest BCUT2D eigenvalue weighted by molar-refractivity contribution is 5.93. The number of nitrogens with one attached hydrogen (secondary N) is 2. The van der Waals surface area contributed by atoms with Crippen LogP contribution in [0.1, 0.15) is 12.5 Å². The third-order valence-electron chi connectivity index (χ3n) is 4.85. The summed E-state index contributed by atoms with van der Waals surface area (Å²) in [4.78, 5) is 47.0. The molecule has 0 spiro atoms. The lowest BCUT2D eigenvalue weighted by Crippen LogP contribution is -2.49. The van der Waals surface area contributed by atoms with Crippen LogP contribution in [0.2, 0.25) is 0 Å². The van der Waals surface area contributed by atoms with Crippen molar-refractivity contribution in [2.24, 2.45) is 10.9 Å². The van der Waals surface area contributed by atoms with E-state index < -0.39 is 18.0 Å². The summed E-state index contributed by atoms with van der Waals surface area (Å²) in [6.45, 7) is 5.28. The number of methoxy groups -OCH3 is 1. The van der Waals surface area contributed by atoms with E-state index in [0.717, 1.165) is 23.3 Å². The smallest absolute Gasteiger partial charge is 0.325 e. The van der Waals surface area contributed by atoms with E-state index in [1.165, 1.54) is 32.6 Å². The summed E-state index contributed by atoms with van der Waals surface area (Å²) in [5.74, 6) is 1.24. The molecule has 0 saturated carbocycles. The zero-order valence-electron chi connectivity index (χ0n) is 22.8. The van der Waals surface area contributed by atoms with Crippen LogP contribution in [-0.2, 0) is 11.3 Å². The Labute approximate surface area is 232 Å². The summed E-state index contributed by atoms with van der Waals surface area (Å²) in [5, 5.41) is 21.1. The molecule has 0 radical (unpaired) electrons. The molecule has 4 amide bonds. The molecule has 0 bridgehead atoms. The molecule has 0 saturated heterocycles. The van der Waals surface area contributed by atoms with Gasteiger partial charge in [0.2, 0.25) is 11.8 Å². The van der Waals surface area contributed by atoms with E-state index in [1.54, 1.807) is 49.4 Å². The van der Waals surface area contributed by atoms with Gasteiger partial charge in [-0.2, -0.15) is 0 Å². The zero-order valence-corrected chi connectivity index (χ0v) is 22.8. The topological polar surface area (TPSA) is 176 Å². The maximum Gasteiger partial charge on any atom is 0.325 e. The first-order valence-corrected chi connectivity index (χ1v) is 11.8. The summed E-state index contributed by atoms with van der Waals surface area (Å²) in [6.07, 6.45) is 2.07. The minimum Gasteiger partial charge on any atom is -0.508 e. The highest BCUT2D eigenvalue weighted by Gasteiger charge is 2.22. The maximum atomic E-state index is 12.0. The van der Waals surface area contributed by atoms with Crippen LogP contribution in [-0.4, -0.2) is 78.0 Å². The van der Waals surface area contributed by atoms with Gasteiger partial charge in [0.15, 0.2) is 0 Å². The minimum absolute atomic E-state index is 0.00455. The number of amides is 4. The van der Waals surface area contributed by atoms with Crippen LogP contribution in [0, 0.1) is 5.92 Å². The molecule has 13 nitrogen and oxygen atoms in total. The molecule has 1 aromatic heterocycles. The van der Waals surface area contributed by atoms with E-state index in [1.807, 2.05) is 0 Å². The van der Waals surface area contributed by atoms with Crippen molar-refractivity contribution in [2.45, 2.75) is 13.5 Å². The Kier molecular flexibility index (Phi) is 15.1. The molecule has 1 atom stereocenters. The second-order valence-electron chi connectivity index (χ2n) is 7.76. The fourth-order valence-corrected chi connectivity index (χ4v) is 2.84. The first-order chi connectivity index (χ1) is 19.3. The number of aliphatic imine (C=N–C) groups is 1. The zero-order chi connectivity index (χ0) is 29.9. The van der Waals surface area contributed by atoms with Gasteiger partial charge >= 0.3 is 12.1 Å². The standard InChI is InChI=1S/C14H19N3O4.C12H11N3O2.CH4O/c1-10(9-18)8-17(13(20)15-2)14(21)16-7-11-3-5-12(19)6-4-11;1-13-9-3-5-10(6-4-9)17-12-7-11(16-2)14-8-15-12;1-2/h3-6,9-10,19H,7-8H2,1-2H3,(H,15,20)(H,16,21);3-8H,1H2,2H3;2H,1H3. The Hall–Kier alpha value is -5.04. The molecule has 3 rings (SSSR count). The number of phenolic OH excluding ortho intramolecular Hbond substituents is 1. The van der Waals surface area contributed by atoms with Gasteiger partial charge in [-0.15, -0.1) is 0 Å². The number of ether oxygens (including phenoxy) is 2. The van der Waals surface area contributed by atoms with Gasteiger partial charge in [0.1, 0.15) is 24.1 Å². The van der Waals surface area contributed by atoms with E-state index in [4.69, 9.17) is 14.6 Å². The number of aliphatic hydroxyl groups excluding tert-OH is 1. The Bertz CT molecular complexity index is 1210. The molecule has 214 valence electrons. The van der Waals surface area contributed by atoms with Crippen LogP contribution in [0.25, 0.3) is 0 Å². The summed E-state index contributed by atoms with van der Waals surface area (Å²) >= 11 is 0. The number of nitrogens with zero attached hydrogens (tertiary/aromatic N) is 4. The average Bonchev–Trinajstić information content (AvgIpc) is 3.00. The van der Waals surface area contributed by atoms with Crippen molar-refractivity contribution >= 4 is 30.8 Å². The second kappa shape index (κ2) is 18.3.